The second kappa shape index (κ2) is 8.68. The number of anilines is 2. The molecule has 7 heteroatoms. The van der Waals surface area contributed by atoms with Crippen molar-refractivity contribution < 1.29 is 13.2 Å². The molecule has 1 N–H and O–H groups in total. The maximum atomic E-state index is 13.2. The summed E-state index contributed by atoms with van der Waals surface area (Å²) >= 11 is 5.95. The molecule has 150 valence electrons. The van der Waals surface area contributed by atoms with E-state index in [1.54, 1.807) is 42.5 Å². The summed E-state index contributed by atoms with van der Waals surface area (Å²) in [5.74, 6) is -0.437. The van der Waals surface area contributed by atoms with Gasteiger partial charge in [0.2, 0.25) is 5.91 Å². The summed E-state index contributed by atoms with van der Waals surface area (Å²) in [5.41, 5.74) is 2.91. The van der Waals surface area contributed by atoms with E-state index in [0.29, 0.717) is 16.4 Å². The molecule has 5 nitrogen and oxygen atoms in total. The number of carbonyl (C=O) groups is 1. The number of nitrogens with one attached hydrogen (secondary N) is 1. The van der Waals surface area contributed by atoms with Gasteiger partial charge in [0.1, 0.15) is 6.54 Å². The first-order valence-electron chi connectivity index (χ1n) is 8.98. The third kappa shape index (κ3) is 4.96. The Kier molecular flexibility index (Phi) is 6.25. The predicted octanol–water partition coefficient (Wildman–Crippen LogP) is 4.79. The average Bonchev–Trinajstić information content (AvgIpc) is 2.70. The molecular weight excluding hydrogens is 408 g/mol. The summed E-state index contributed by atoms with van der Waals surface area (Å²) in [5, 5.41) is 3.29. The van der Waals surface area contributed by atoms with Crippen molar-refractivity contribution in [1.29, 1.82) is 0 Å². The van der Waals surface area contributed by atoms with Crippen LogP contribution in [-0.2, 0) is 14.8 Å². The highest BCUT2D eigenvalue weighted by Gasteiger charge is 2.27. The molecule has 0 spiro atoms. The fourth-order valence-electron chi connectivity index (χ4n) is 2.83. The lowest BCUT2D eigenvalue weighted by Crippen LogP contribution is -2.38. The summed E-state index contributed by atoms with van der Waals surface area (Å²) in [6.07, 6.45) is 0. The van der Waals surface area contributed by atoms with Crippen molar-refractivity contribution in [3.8, 4) is 0 Å². The van der Waals surface area contributed by atoms with Gasteiger partial charge in [0.15, 0.2) is 0 Å². The Morgan fingerprint density at radius 2 is 1.62 bits per heavy atom. The Balaban J connectivity index is 1.94. The normalized spacial score (nSPS) is 11.1. The number of hydrogen-bond donors (Lipinski definition) is 1. The minimum absolute atomic E-state index is 0.106. The first-order valence-corrected chi connectivity index (χ1v) is 10.8. The SMILES string of the molecule is Cc1ccc(C)c(NC(=O)CN(c2ccc(Cl)cc2)S(=O)(=O)c2ccccc2)c1. The van der Waals surface area contributed by atoms with Gasteiger partial charge in [-0.05, 0) is 67.4 Å². The maximum Gasteiger partial charge on any atom is 0.264 e. The van der Waals surface area contributed by atoms with Gasteiger partial charge in [0, 0.05) is 10.7 Å². The molecule has 3 aromatic carbocycles. The Labute approximate surface area is 176 Å². The van der Waals surface area contributed by atoms with Crippen LogP contribution in [0.3, 0.4) is 0 Å². The van der Waals surface area contributed by atoms with Crippen LogP contribution in [-0.4, -0.2) is 20.9 Å². The summed E-state index contributed by atoms with van der Waals surface area (Å²) < 4.78 is 27.6. The van der Waals surface area contributed by atoms with Crippen LogP contribution in [0, 0.1) is 13.8 Å². The molecule has 29 heavy (non-hydrogen) atoms. The van der Waals surface area contributed by atoms with Crippen LogP contribution in [0.15, 0.2) is 77.7 Å². The Morgan fingerprint density at radius 3 is 2.28 bits per heavy atom. The number of aryl methyl sites for hydroxylation is 2. The molecule has 0 atom stereocenters. The van der Waals surface area contributed by atoms with Crippen LogP contribution in [0.1, 0.15) is 11.1 Å². The van der Waals surface area contributed by atoms with E-state index in [4.69, 9.17) is 11.6 Å². The highest BCUT2D eigenvalue weighted by Crippen LogP contribution is 2.25. The van der Waals surface area contributed by atoms with E-state index in [1.165, 1.54) is 12.1 Å². The lowest BCUT2D eigenvalue weighted by atomic mass is 10.1. The zero-order valence-corrected chi connectivity index (χ0v) is 17.7. The maximum absolute atomic E-state index is 13.2. The van der Waals surface area contributed by atoms with Crippen LogP contribution >= 0.6 is 11.6 Å². The number of hydrogen-bond acceptors (Lipinski definition) is 3. The van der Waals surface area contributed by atoms with Gasteiger partial charge in [0.25, 0.3) is 10.0 Å². The minimum atomic E-state index is -3.94. The first-order chi connectivity index (χ1) is 13.8. The summed E-state index contributed by atoms with van der Waals surface area (Å²) in [6, 6.07) is 20.1. The number of rotatable bonds is 6. The van der Waals surface area contributed by atoms with Gasteiger partial charge in [-0.25, -0.2) is 8.42 Å². The quantitative estimate of drug-likeness (QED) is 0.613. The van der Waals surface area contributed by atoms with Crippen LogP contribution in [0.2, 0.25) is 5.02 Å². The van der Waals surface area contributed by atoms with Crippen molar-refractivity contribution in [2.24, 2.45) is 0 Å². The number of benzene rings is 3. The van der Waals surface area contributed by atoms with Gasteiger partial charge >= 0.3 is 0 Å². The van der Waals surface area contributed by atoms with Crippen LogP contribution in [0.25, 0.3) is 0 Å². The highest BCUT2D eigenvalue weighted by atomic mass is 35.5. The van der Waals surface area contributed by atoms with Crippen molar-refractivity contribution in [3.63, 3.8) is 0 Å². The van der Waals surface area contributed by atoms with Gasteiger partial charge in [-0.15, -0.1) is 0 Å². The fourth-order valence-corrected chi connectivity index (χ4v) is 4.40. The number of halogens is 1. The van der Waals surface area contributed by atoms with Gasteiger partial charge in [-0.3, -0.25) is 9.10 Å². The van der Waals surface area contributed by atoms with E-state index in [-0.39, 0.29) is 11.4 Å². The summed E-state index contributed by atoms with van der Waals surface area (Å²) in [6.45, 7) is 3.44. The lowest BCUT2D eigenvalue weighted by molar-refractivity contribution is -0.114. The zero-order chi connectivity index (χ0) is 21.0. The molecule has 0 aliphatic carbocycles. The molecule has 1 amide bonds. The van der Waals surface area contributed by atoms with Gasteiger partial charge in [0.05, 0.1) is 10.6 Å². The van der Waals surface area contributed by atoms with Crippen molar-refractivity contribution >= 4 is 38.9 Å². The molecule has 0 saturated carbocycles. The van der Waals surface area contributed by atoms with Crippen molar-refractivity contribution in [2.75, 3.05) is 16.2 Å². The number of nitrogens with zero attached hydrogens (tertiary/aromatic N) is 1. The van der Waals surface area contributed by atoms with Crippen LogP contribution < -0.4 is 9.62 Å². The monoisotopic (exact) mass is 428 g/mol. The molecular formula is C22H21ClN2O3S. The van der Waals surface area contributed by atoms with E-state index >= 15 is 0 Å². The minimum Gasteiger partial charge on any atom is -0.324 e. The van der Waals surface area contributed by atoms with Crippen molar-refractivity contribution in [3.05, 3.63) is 88.9 Å². The molecule has 0 aliphatic heterocycles. The van der Waals surface area contributed by atoms with Gasteiger partial charge < -0.3 is 5.32 Å². The third-order valence-electron chi connectivity index (χ3n) is 4.40. The molecule has 0 aliphatic rings. The molecule has 0 radical (unpaired) electrons. The molecule has 0 unspecified atom stereocenters. The second-order valence-corrected chi connectivity index (χ2v) is 8.97. The van der Waals surface area contributed by atoms with Gasteiger partial charge in [-0.1, -0.05) is 41.9 Å². The molecule has 0 saturated heterocycles. The molecule has 0 heterocycles. The van der Waals surface area contributed by atoms with Crippen molar-refractivity contribution in [1.82, 2.24) is 0 Å². The molecule has 0 bridgehead atoms. The number of amides is 1. The smallest absolute Gasteiger partial charge is 0.264 e. The standard InChI is InChI=1S/C22H21ClN2O3S/c1-16-8-9-17(2)21(14-16)24-22(26)15-25(19-12-10-18(23)11-13-19)29(27,28)20-6-4-3-5-7-20/h3-14H,15H2,1-2H3,(H,24,26). The van der Waals surface area contributed by atoms with E-state index in [1.807, 2.05) is 32.0 Å². The lowest BCUT2D eigenvalue weighted by Gasteiger charge is -2.24. The fraction of sp³-hybridized carbons (Fsp3) is 0.136. The van der Waals surface area contributed by atoms with E-state index < -0.39 is 15.9 Å². The van der Waals surface area contributed by atoms with E-state index in [2.05, 4.69) is 5.32 Å². The molecule has 0 aromatic heterocycles. The molecule has 3 rings (SSSR count). The van der Waals surface area contributed by atoms with Crippen LogP contribution in [0.4, 0.5) is 11.4 Å². The van der Waals surface area contributed by atoms with Crippen LogP contribution in [0.5, 0.6) is 0 Å². The zero-order valence-electron chi connectivity index (χ0n) is 16.1. The Bertz CT molecular complexity index is 1110. The predicted molar refractivity (Wildman–Crippen MR) is 117 cm³/mol. The number of carbonyl (C=O) groups excluding carboxylic acids is 1. The highest BCUT2D eigenvalue weighted by molar-refractivity contribution is 7.92. The van der Waals surface area contributed by atoms with Gasteiger partial charge in [-0.2, -0.15) is 0 Å². The molecule has 3 aromatic rings. The number of sulfonamides is 1. The third-order valence-corrected chi connectivity index (χ3v) is 6.44. The summed E-state index contributed by atoms with van der Waals surface area (Å²) in [4.78, 5) is 12.9. The van der Waals surface area contributed by atoms with Crippen molar-refractivity contribution in [2.45, 2.75) is 18.7 Å². The first kappa shape index (κ1) is 20.9. The van der Waals surface area contributed by atoms with E-state index in [0.717, 1.165) is 15.4 Å². The molecule has 0 fully saturated rings. The largest absolute Gasteiger partial charge is 0.324 e. The Morgan fingerprint density at radius 1 is 0.966 bits per heavy atom. The topological polar surface area (TPSA) is 66.5 Å². The second-order valence-electron chi connectivity index (χ2n) is 6.67. The Hall–Kier alpha value is -2.83. The summed E-state index contributed by atoms with van der Waals surface area (Å²) in [7, 11) is -3.94. The van der Waals surface area contributed by atoms with E-state index in [9.17, 15) is 13.2 Å². The average molecular weight is 429 g/mol.